The molecule has 7 heteroatoms. The summed E-state index contributed by atoms with van der Waals surface area (Å²) in [6.07, 6.45) is 6.41. The predicted molar refractivity (Wildman–Crippen MR) is 114 cm³/mol. The zero-order valence-electron chi connectivity index (χ0n) is 15.9. The summed E-state index contributed by atoms with van der Waals surface area (Å²) in [5, 5.41) is 6.79. The average Bonchev–Trinajstić information content (AvgIpc) is 3.39. The zero-order chi connectivity index (χ0) is 20.2. The summed E-state index contributed by atoms with van der Waals surface area (Å²) >= 11 is 1.26. The third-order valence-electron chi connectivity index (χ3n) is 4.45. The topological polar surface area (TPSA) is 80.9 Å². The van der Waals surface area contributed by atoms with E-state index in [1.165, 1.54) is 17.6 Å². The van der Waals surface area contributed by atoms with Gasteiger partial charge in [-0.3, -0.25) is 4.79 Å². The molecule has 1 amide bonds. The Morgan fingerprint density at radius 2 is 1.90 bits per heavy atom. The predicted octanol–water partition coefficient (Wildman–Crippen LogP) is 5.13. The number of aromatic nitrogens is 3. The number of benzene rings is 2. The lowest BCUT2D eigenvalue weighted by atomic mass is 9.98. The molecule has 1 N–H and O–H groups in total. The van der Waals surface area contributed by atoms with E-state index in [4.69, 9.17) is 4.42 Å². The van der Waals surface area contributed by atoms with Crippen LogP contribution in [0.15, 0.2) is 65.4 Å². The van der Waals surface area contributed by atoms with Crippen molar-refractivity contribution in [3.63, 3.8) is 0 Å². The molecule has 4 rings (SSSR count). The minimum Gasteiger partial charge on any atom is -0.445 e. The molecule has 0 aliphatic carbocycles. The highest BCUT2D eigenvalue weighted by molar-refractivity contribution is 7.06. The van der Waals surface area contributed by atoms with Gasteiger partial charge in [0.15, 0.2) is 0 Å². The van der Waals surface area contributed by atoms with E-state index in [1.807, 2.05) is 43.3 Å². The molecule has 0 spiro atoms. The van der Waals surface area contributed by atoms with Crippen molar-refractivity contribution >= 4 is 29.2 Å². The van der Waals surface area contributed by atoms with Crippen LogP contribution in [0.3, 0.4) is 0 Å². The molecule has 0 aliphatic rings. The fourth-order valence-corrected chi connectivity index (χ4v) is 3.45. The first-order chi connectivity index (χ1) is 14.1. The SMILES string of the molecule is Cc1ccc(-c2ncco2)cc1-c1ccc(NC(=O)C=Cc2snnc2C)cc1. The molecule has 0 atom stereocenters. The Bertz CT molecular complexity index is 1160. The van der Waals surface area contributed by atoms with Gasteiger partial charge in [0.05, 0.1) is 16.8 Å². The van der Waals surface area contributed by atoms with Gasteiger partial charge in [-0.2, -0.15) is 0 Å². The molecule has 2 aromatic heterocycles. The second kappa shape index (κ2) is 8.20. The van der Waals surface area contributed by atoms with E-state index in [2.05, 4.69) is 32.9 Å². The second-order valence-corrected chi connectivity index (χ2v) is 7.28. The Morgan fingerprint density at radius 3 is 2.59 bits per heavy atom. The fraction of sp³-hybridized carbons (Fsp3) is 0.0909. The third kappa shape index (κ3) is 4.30. The average molecular weight is 402 g/mol. The fourth-order valence-electron chi connectivity index (χ4n) is 2.89. The van der Waals surface area contributed by atoms with Gasteiger partial charge < -0.3 is 9.73 Å². The Hall–Kier alpha value is -3.58. The van der Waals surface area contributed by atoms with Crippen molar-refractivity contribution in [2.45, 2.75) is 13.8 Å². The van der Waals surface area contributed by atoms with Crippen molar-refractivity contribution in [2.75, 3.05) is 5.32 Å². The molecule has 0 fully saturated rings. The smallest absolute Gasteiger partial charge is 0.248 e. The van der Waals surface area contributed by atoms with Crippen LogP contribution in [0.2, 0.25) is 0 Å². The summed E-state index contributed by atoms with van der Waals surface area (Å²) in [7, 11) is 0. The van der Waals surface area contributed by atoms with E-state index in [1.54, 1.807) is 18.5 Å². The number of anilines is 1. The highest BCUT2D eigenvalue weighted by Gasteiger charge is 2.08. The van der Waals surface area contributed by atoms with Gasteiger partial charge in [0.2, 0.25) is 11.8 Å². The van der Waals surface area contributed by atoms with Crippen molar-refractivity contribution in [3.05, 3.63) is 77.1 Å². The number of aryl methyl sites for hydroxylation is 2. The number of rotatable bonds is 5. The molecule has 29 heavy (non-hydrogen) atoms. The summed E-state index contributed by atoms with van der Waals surface area (Å²) in [4.78, 5) is 17.2. The number of nitrogens with zero attached hydrogens (tertiary/aromatic N) is 3. The number of hydrogen-bond donors (Lipinski definition) is 1. The molecule has 0 saturated carbocycles. The quantitative estimate of drug-likeness (QED) is 0.468. The van der Waals surface area contributed by atoms with Crippen LogP contribution in [0, 0.1) is 13.8 Å². The van der Waals surface area contributed by atoms with Crippen LogP contribution in [0.25, 0.3) is 28.7 Å². The van der Waals surface area contributed by atoms with E-state index >= 15 is 0 Å². The third-order valence-corrected chi connectivity index (χ3v) is 5.24. The summed E-state index contributed by atoms with van der Waals surface area (Å²) in [5.74, 6) is 0.390. The molecule has 0 unspecified atom stereocenters. The van der Waals surface area contributed by atoms with Crippen LogP contribution in [0.4, 0.5) is 5.69 Å². The Morgan fingerprint density at radius 1 is 1.10 bits per heavy atom. The van der Waals surface area contributed by atoms with E-state index in [0.717, 1.165) is 38.5 Å². The number of amides is 1. The lowest BCUT2D eigenvalue weighted by molar-refractivity contribution is -0.111. The van der Waals surface area contributed by atoms with Gasteiger partial charge in [-0.05, 0) is 72.4 Å². The van der Waals surface area contributed by atoms with E-state index < -0.39 is 0 Å². The first-order valence-corrected chi connectivity index (χ1v) is 9.76. The Balaban J connectivity index is 1.49. The molecule has 2 aromatic carbocycles. The zero-order valence-corrected chi connectivity index (χ0v) is 16.7. The number of hydrogen-bond acceptors (Lipinski definition) is 6. The lowest BCUT2D eigenvalue weighted by Gasteiger charge is -2.09. The molecule has 0 aliphatic heterocycles. The minimum atomic E-state index is -0.201. The largest absolute Gasteiger partial charge is 0.445 e. The molecule has 6 nitrogen and oxygen atoms in total. The number of oxazole rings is 1. The minimum absolute atomic E-state index is 0.201. The number of nitrogens with one attached hydrogen (secondary N) is 1. The highest BCUT2D eigenvalue weighted by atomic mass is 32.1. The van der Waals surface area contributed by atoms with Crippen LogP contribution in [-0.2, 0) is 4.79 Å². The number of carbonyl (C=O) groups is 1. The molecule has 2 heterocycles. The summed E-state index contributed by atoms with van der Waals surface area (Å²) < 4.78 is 9.25. The van der Waals surface area contributed by atoms with Crippen molar-refractivity contribution in [1.29, 1.82) is 0 Å². The first kappa shape index (κ1) is 18.8. The highest BCUT2D eigenvalue weighted by Crippen LogP contribution is 2.29. The van der Waals surface area contributed by atoms with Crippen LogP contribution in [0.1, 0.15) is 16.1 Å². The van der Waals surface area contributed by atoms with Crippen molar-refractivity contribution in [1.82, 2.24) is 14.6 Å². The maximum atomic E-state index is 12.2. The van der Waals surface area contributed by atoms with E-state index in [-0.39, 0.29) is 5.91 Å². The molecular formula is C22H18N4O2S. The van der Waals surface area contributed by atoms with Crippen molar-refractivity contribution < 1.29 is 9.21 Å². The lowest BCUT2D eigenvalue weighted by Crippen LogP contribution is -2.07. The van der Waals surface area contributed by atoms with Crippen molar-refractivity contribution in [3.8, 4) is 22.6 Å². The van der Waals surface area contributed by atoms with Crippen LogP contribution < -0.4 is 5.32 Å². The Labute approximate surface area is 172 Å². The van der Waals surface area contributed by atoms with Crippen molar-refractivity contribution in [2.24, 2.45) is 0 Å². The maximum Gasteiger partial charge on any atom is 0.248 e. The molecule has 4 aromatic rings. The first-order valence-electron chi connectivity index (χ1n) is 8.99. The van der Waals surface area contributed by atoms with Crippen LogP contribution >= 0.6 is 11.5 Å². The molecular weight excluding hydrogens is 384 g/mol. The van der Waals surface area contributed by atoms with Crippen LogP contribution in [-0.4, -0.2) is 20.5 Å². The van der Waals surface area contributed by atoms with Gasteiger partial charge in [0.1, 0.15) is 6.26 Å². The molecule has 0 saturated heterocycles. The van der Waals surface area contributed by atoms with Gasteiger partial charge in [-0.25, -0.2) is 4.98 Å². The standard InChI is InChI=1S/C22H18N4O2S/c1-14-3-4-17(22-23-11-12-28-22)13-19(14)16-5-7-18(8-6-16)24-21(27)10-9-20-15(2)25-26-29-20/h3-13H,1-2H3,(H,24,27). The molecule has 144 valence electrons. The van der Waals surface area contributed by atoms with Crippen LogP contribution in [0.5, 0.6) is 0 Å². The number of carbonyl (C=O) groups excluding carboxylic acids is 1. The Kier molecular flexibility index (Phi) is 5.31. The van der Waals surface area contributed by atoms with E-state index in [9.17, 15) is 4.79 Å². The molecule has 0 radical (unpaired) electrons. The van der Waals surface area contributed by atoms with Gasteiger partial charge in [0.25, 0.3) is 0 Å². The van der Waals surface area contributed by atoms with Gasteiger partial charge in [-0.1, -0.05) is 22.7 Å². The summed E-state index contributed by atoms with van der Waals surface area (Å²) in [6.45, 7) is 3.92. The normalized spacial score (nSPS) is 11.1. The molecule has 0 bridgehead atoms. The van der Waals surface area contributed by atoms with E-state index in [0.29, 0.717) is 5.89 Å². The summed E-state index contributed by atoms with van der Waals surface area (Å²) in [5.41, 5.74) is 5.75. The van der Waals surface area contributed by atoms with Gasteiger partial charge >= 0.3 is 0 Å². The summed E-state index contributed by atoms with van der Waals surface area (Å²) in [6, 6.07) is 13.8. The van der Waals surface area contributed by atoms with Gasteiger partial charge in [-0.15, -0.1) is 5.10 Å². The monoisotopic (exact) mass is 402 g/mol. The maximum absolute atomic E-state index is 12.2. The van der Waals surface area contributed by atoms with Gasteiger partial charge in [0, 0.05) is 17.3 Å². The second-order valence-electron chi connectivity index (χ2n) is 6.49.